The van der Waals surface area contributed by atoms with Gasteiger partial charge in [-0.25, -0.2) is 9.37 Å². The predicted octanol–water partition coefficient (Wildman–Crippen LogP) is 2.38. The maximum absolute atomic E-state index is 12.9. The number of H-pyrrole nitrogens is 1. The molecule has 1 N–H and O–H groups in total. The molecule has 0 bridgehead atoms. The smallest absolute Gasteiger partial charge is 0.251 e. The molecule has 0 fully saturated rings. The Morgan fingerprint density at radius 2 is 2.22 bits per heavy atom. The van der Waals surface area contributed by atoms with Crippen molar-refractivity contribution in [1.82, 2.24) is 9.97 Å². The lowest BCUT2D eigenvalue weighted by Gasteiger charge is -2.05. The molecule has 1 heterocycles. The Labute approximate surface area is 107 Å². The van der Waals surface area contributed by atoms with Gasteiger partial charge in [0, 0.05) is 18.7 Å². The summed E-state index contributed by atoms with van der Waals surface area (Å²) >= 11 is 5.92. The Hall–Kier alpha value is -1.72. The normalized spacial score (nSPS) is 10.6. The van der Waals surface area contributed by atoms with Crippen LogP contribution in [0.2, 0.25) is 5.02 Å². The van der Waals surface area contributed by atoms with E-state index >= 15 is 0 Å². The van der Waals surface area contributed by atoms with E-state index in [-0.39, 0.29) is 17.2 Å². The van der Waals surface area contributed by atoms with Gasteiger partial charge in [0.05, 0.1) is 10.7 Å². The minimum atomic E-state index is -0.439. The van der Waals surface area contributed by atoms with E-state index in [2.05, 4.69) is 9.97 Å². The summed E-state index contributed by atoms with van der Waals surface area (Å²) in [6, 6.07) is 5.23. The van der Waals surface area contributed by atoms with Crippen LogP contribution >= 0.6 is 11.6 Å². The summed E-state index contributed by atoms with van der Waals surface area (Å²) in [7, 11) is 1.50. The number of rotatable bonds is 3. The van der Waals surface area contributed by atoms with Gasteiger partial charge in [0.2, 0.25) is 0 Å². The van der Waals surface area contributed by atoms with Crippen LogP contribution in [0.4, 0.5) is 4.39 Å². The van der Waals surface area contributed by atoms with Gasteiger partial charge in [0.1, 0.15) is 18.2 Å². The standard InChI is InChI=1S/C12H10ClFN2O2/c1-18-6-11-15-10(5-12(17)16-11)8-3-2-7(14)4-9(8)13/h2-5H,6H2,1H3,(H,15,16,17). The van der Waals surface area contributed by atoms with Crippen molar-refractivity contribution in [2.75, 3.05) is 7.11 Å². The Morgan fingerprint density at radius 1 is 1.44 bits per heavy atom. The Bertz CT molecular complexity index is 628. The van der Waals surface area contributed by atoms with Crippen LogP contribution in [-0.4, -0.2) is 17.1 Å². The first-order valence-electron chi connectivity index (χ1n) is 5.15. The van der Waals surface area contributed by atoms with Crippen molar-refractivity contribution < 1.29 is 9.13 Å². The van der Waals surface area contributed by atoms with Crippen molar-refractivity contribution in [3.05, 3.63) is 51.3 Å². The van der Waals surface area contributed by atoms with Crippen molar-refractivity contribution >= 4 is 11.6 Å². The molecule has 1 aromatic carbocycles. The minimum absolute atomic E-state index is 0.182. The first-order valence-corrected chi connectivity index (χ1v) is 5.52. The van der Waals surface area contributed by atoms with Crippen LogP contribution in [-0.2, 0) is 11.3 Å². The fraction of sp³-hybridized carbons (Fsp3) is 0.167. The average molecular weight is 269 g/mol. The number of aromatic nitrogens is 2. The summed E-state index contributed by atoms with van der Waals surface area (Å²) < 4.78 is 17.8. The number of hydrogen-bond donors (Lipinski definition) is 1. The zero-order valence-corrected chi connectivity index (χ0v) is 10.3. The van der Waals surface area contributed by atoms with Gasteiger partial charge in [-0.1, -0.05) is 11.6 Å². The van der Waals surface area contributed by atoms with Crippen LogP contribution < -0.4 is 5.56 Å². The highest BCUT2D eigenvalue weighted by atomic mass is 35.5. The summed E-state index contributed by atoms with van der Waals surface area (Å²) in [6.45, 7) is 0.182. The van der Waals surface area contributed by atoms with Crippen molar-refractivity contribution in [3.8, 4) is 11.3 Å². The van der Waals surface area contributed by atoms with E-state index in [4.69, 9.17) is 16.3 Å². The van der Waals surface area contributed by atoms with E-state index in [1.807, 2.05) is 0 Å². The summed E-state index contributed by atoms with van der Waals surface area (Å²) in [4.78, 5) is 18.2. The topological polar surface area (TPSA) is 55.0 Å². The molecule has 4 nitrogen and oxygen atoms in total. The second-order valence-electron chi connectivity index (χ2n) is 3.63. The molecule has 0 saturated carbocycles. The number of methoxy groups -OCH3 is 1. The quantitative estimate of drug-likeness (QED) is 0.930. The molecule has 0 aliphatic heterocycles. The fourth-order valence-corrected chi connectivity index (χ4v) is 1.81. The molecule has 0 atom stereocenters. The molecule has 1 aromatic heterocycles. The molecule has 2 aromatic rings. The third kappa shape index (κ3) is 2.75. The second-order valence-corrected chi connectivity index (χ2v) is 4.04. The van der Waals surface area contributed by atoms with E-state index < -0.39 is 5.82 Å². The first kappa shape index (κ1) is 12.7. The highest BCUT2D eigenvalue weighted by molar-refractivity contribution is 6.33. The number of benzene rings is 1. The third-order valence-electron chi connectivity index (χ3n) is 2.28. The van der Waals surface area contributed by atoms with Crippen molar-refractivity contribution in [3.63, 3.8) is 0 Å². The number of halogens is 2. The van der Waals surface area contributed by atoms with Gasteiger partial charge in [-0.05, 0) is 18.2 Å². The zero-order chi connectivity index (χ0) is 13.1. The SMILES string of the molecule is COCc1nc(-c2ccc(F)cc2Cl)cc(=O)[nH]1. The van der Waals surface area contributed by atoms with Crippen molar-refractivity contribution in [2.24, 2.45) is 0 Å². The molecule has 0 radical (unpaired) electrons. The van der Waals surface area contributed by atoms with Gasteiger partial charge in [0.15, 0.2) is 0 Å². The van der Waals surface area contributed by atoms with E-state index in [1.165, 1.54) is 31.4 Å². The van der Waals surface area contributed by atoms with Crippen LogP contribution in [0.3, 0.4) is 0 Å². The third-order valence-corrected chi connectivity index (χ3v) is 2.59. The van der Waals surface area contributed by atoms with Crippen LogP contribution in [0.25, 0.3) is 11.3 Å². The highest BCUT2D eigenvalue weighted by Gasteiger charge is 2.08. The Morgan fingerprint density at radius 3 is 2.89 bits per heavy atom. The number of ether oxygens (including phenoxy) is 1. The van der Waals surface area contributed by atoms with Crippen LogP contribution in [0.5, 0.6) is 0 Å². The van der Waals surface area contributed by atoms with Gasteiger partial charge in [0.25, 0.3) is 5.56 Å². The van der Waals surface area contributed by atoms with Gasteiger partial charge in [-0.15, -0.1) is 0 Å². The molecule has 94 valence electrons. The summed E-state index contributed by atoms with van der Waals surface area (Å²) in [5.74, 6) is -0.0499. The molecule has 6 heteroatoms. The van der Waals surface area contributed by atoms with Gasteiger partial charge < -0.3 is 9.72 Å². The molecule has 0 amide bonds. The molecule has 18 heavy (non-hydrogen) atoms. The van der Waals surface area contributed by atoms with Crippen LogP contribution in [0.15, 0.2) is 29.1 Å². The lowest BCUT2D eigenvalue weighted by molar-refractivity contribution is 0.177. The highest BCUT2D eigenvalue weighted by Crippen LogP contribution is 2.26. The van der Waals surface area contributed by atoms with Gasteiger partial charge in [-0.3, -0.25) is 4.79 Å². The molecule has 0 aliphatic carbocycles. The monoisotopic (exact) mass is 268 g/mol. The molecule has 0 aliphatic rings. The summed E-state index contributed by atoms with van der Waals surface area (Å²) in [6.07, 6.45) is 0. The molecular weight excluding hydrogens is 259 g/mol. The lowest BCUT2D eigenvalue weighted by atomic mass is 10.1. The Kier molecular flexibility index (Phi) is 3.74. The number of hydrogen-bond acceptors (Lipinski definition) is 3. The lowest BCUT2D eigenvalue weighted by Crippen LogP contribution is -2.11. The molecular formula is C12H10ClFN2O2. The van der Waals surface area contributed by atoms with E-state index in [1.54, 1.807) is 0 Å². The number of aromatic amines is 1. The molecule has 2 rings (SSSR count). The number of nitrogens with zero attached hydrogens (tertiary/aromatic N) is 1. The predicted molar refractivity (Wildman–Crippen MR) is 66.0 cm³/mol. The van der Waals surface area contributed by atoms with E-state index in [0.29, 0.717) is 17.1 Å². The van der Waals surface area contributed by atoms with Crippen LogP contribution in [0, 0.1) is 5.82 Å². The second kappa shape index (κ2) is 5.29. The van der Waals surface area contributed by atoms with E-state index in [0.717, 1.165) is 0 Å². The molecule has 0 unspecified atom stereocenters. The molecule has 0 saturated heterocycles. The maximum Gasteiger partial charge on any atom is 0.251 e. The van der Waals surface area contributed by atoms with Crippen molar-refractivity contribution in [2.45, 2.75) is 6.61 Å². The van der Waals surface area contributed by atoms with Crippen LogP contribution in [0.1, 0.15) is 5.82 Å². The van der Waals surface area contributed by atoms with E-state index in [9.17, 15) is 9.18 Å². The minimum Gasteiger partial charge on any atom is -0.377 e. The summed E-state index contributed by atoms with van der Waals surface area (Å²) in [5, 5.41) is 0.205. The average Bonchev–Trinajstić information content (AvgIpc) is 2.28. The largest absolute Gasteiger partial charge is 0.377 e. The zero-order valence-electron chi connectivity index (χ0n) is 9.54. The maximum atomic E-state index is 12.9. The van der Waals surface area contributed by atoms with Gasteiger partial charge in [-0.2, -0.15) is 0 Å². The molecule has 0 spiro atoms. The Balaban J connectivity index is 2.53. The summed E-state index contributed by atoms with van der Waals surface area (Å²) in [5.41, 5.74) is 0.574. The fourth-order valence-electron chi connectivity index (χ4n) is 1.55. The van der Waals surface area contributed by atoms with Crippen molar-refractivity contribution in [1.29, 1.82) is 0 Å². The first-order chi connectivity index (χ1) is 8.60. The number of nitrogens with one attached hydrogen (secondary N) is 1. The van der Waals surface area contributed by atoms with Gasteiger partial charge >= 0.3 is 0 Å².